The van der Waals surface area contributed by atoms with Crippen molar-refractivity contribution in [2.24, 2.45) is 0 Å². The van der Waals surface area contributed by atoms with Crippen LogP contribution in [0.1, 0.15) is 27.0 Å². The molecule has 33 heavy (non-hydrogen) atoms. The van der Waals surface area contributed by atoms with E-state index < -0.39 is 5.69 Å². The molecule has 0 fully saturated rings. The molecule has 4 aromatic rings. The summed E-state index contributed by atoms with van der Waals surface area (Å²) in [7, 11) is 0. The van der Waals surface area contributed by atoms with Crippen LogP contribution in [0.5, 0.6) is 0 Å². The Kier molecular flexibility index (Phi) is 6.55. The van der Waals surface area contributed by atoms with Gasteiger partial charge in [0.1, 0.15) is 6.54 Å². The molecule has 9 heteroatoms. The Morgan fingerprint density at radius 1 is 0.970 bits per heavy atom. The van der Waals surface area contributed by atoms with Gasteiger partial charge in [-0.1, -0.05) is 59.6 Å². The van der Waals surface area contributed by atoms with Crippen LogP contribution in [0, 0.1) is 6.92 Å². The predicted octanol–water partition coefficient (Wildman–Crippen LogP) is 2.70. The van der Waals surface area contributed by atoms with Gasteiger partial charge in [0.15, 0.2) is 5.65 Å². The fourth-order valence-electron chi connectivity index (χ4n) is 3.27. The Bertz CT molecular complexity index is 1380. The van der Waals surface area contributed by atoms with Gasteiger partial charge >= 0.3 is 5.69 Å². The van der Waals surface area contributed by atoms with Crippen molar-refractivity contribution < 1.29 is 9.59 Å². The first kappa shape index (κ1) is 22.3. The molecule has 168 valence electrons. The second kappa shape index (κ2) is 9.70. The molecule has 0 saturated heterocycles. The summed E-state index contributed by atoms with van der Waals surface area (Å²) < 4.78 is 2.31. The zero-order valence-electron chi connectivity index (χ0n) is 17.9. The molecule has 0 radical (unpaired) electrons. The monoisotopic (exact) mass is 463 g/mol. The molecule has 0 spiro atoms. The Balaban J connectivity index is 1.42. The van der Waals surface area contributed by atoms with Crippen LogP contribution in [0.25, 0.3) is 5.65 Å². The number of halogens is 1. The molecule has 0 atom stereocenters. The van der Waals surface area contributed by atoms with Crippen LogP contribution < -0.4 is 16.3 Å². The topological polar surface area (TPSA) is 97.5 Å². The van der Waals surface area contributed by atoms with Crippen molar-refractivity contribution in [2.75, 3.05) is 0 Å². The number of hydrogen-bond donors (Lipinski definition) is 2. The Hall–Kier alpha value is -3.91. The summed E-state index contributed by atoms with van der Waals surface area (Å²) in [6, 6.07) is 18.2. The standard InChI is InChI=1S/C24H22ClN5O3/c1-16-6-8-17(9-7-16)12-27-23(32)19-10-11-21-28-30(24(33)29(21)14-19)15-22(31)26-13-18-4-2-3-5-20(18)25/h2-11,14H,12-13,15H2,1H3,(H,26,31)(H,27,32). The lowest BCUT2D eigenvalue weighted by Gasteiger charge is -2.06. The number of nitrogens with zero attached hydrogens (tertiary/aromatic N) is 3. The molecular weight excluding hydrogens is 442 g/mol. The lowest BCUT2D eigenvalue weighted by Crippen LogP contribution is -2.32. The summed E-state index contributed by atoms with van der Waals surface area (Å²) in [6.45, 7) is 2.36. The molecular formula is C24H22ClN5O3. The molecule has 0 aliphatic carbocycles. The van der Waals surface area contributed by atoms with Crippen molar-refractivity contribution in [1.29, 1.82) is 0 Å². The van der Waals surface area contributed by atoms with E-state index in [0.717, 1.165) is 21.4 Å². The van der Waals surface area contributed by atoms with Crippen LogP contribution in [0.15, 0.2) is 71.7 Å². The van der Waals surface area contributed by atoms with Gasteiger partial charge in [-0.25, -0.2) is 13.9 Å². The highest BCUT2D eigenvalue weighted by Gasteiger charge is 2.14. The van der Waals surface area contributed by atoms with Crippen LogP contribution in [-0.2, 0) is 24.4 Å². The highest BCUT2D eigenvalue weighted by Crippen LogP contribution is 2.14. The third kappa shape index (κ3) is 5.30. The van der Waals surface area contributed by atoms with Crippen molar-refractivity contribution in [3.63, 3.8) is 0 Å². The first-order valence-electron chi connectivity index (χ1n) is 10.3. The third-order valence-electron chi connectivity index (χ3n) is 5.14. The molecule has 0 aliphatic rings. The first-order valence-corrected chi connectivity index (χ1v) is 10.7. The van der Waals surface area contributed by atoms with E-state index in [4.69, 9.17) is 11.6 Å². The predicted molar refractivity (Wildman–Crippen MR) is 125 cm³/mol. The summed E-state index contributed by atoms with van der Waals surface area (Å²) in [5, 5.41) is 10.3. The molecule has 2 heterocycles. The van der Waals surface area contributed by atoms with Gasteiger partial charge in [-0.05, 0) is 36.2 Å². The van der Waals surface area contributed by atoms with Crippen LogP contribution >= 0.6 is 11.6 Å². The van der Waals surface area contributed by atoms with Gasteiger partial charge in [0.2, 0.25) is 5.91 Å². The second-order valence-electron chi connectivity index (χ2n) is 7.62. The molecule has 2 aromatic heterocycles. The molecule has 2 aromatic carbocycles. The minimum absolute atomic E-state index is 0.242. The number of nitrogens with one attached hydrogen (secondary N) is 2. The Morgan fingerprint density at radius 2 is 1.73 bits per heavy atom. The lowest BCUT2D eigenvalue weighted by molar-refractivity contribution is -0.122. The van der Waals surface area contributed by atoms with E-state index in [2.05, 4.69) is 15.7 Å². The first-order chi connectivity index (χ1) is 15.9. The molecule has 2 amide bonds. The van der Waals surface area contributed by atoms with E-state index in [1.807, 2.05) is 43.3 Å². The quantitative estimate of drug-likeness (QED) is 0.440. The fraction of sp³-hybridized carbons (Fsp3) is 0.167. The number of carbonyl (C=O) groups excluding carboxylic acids is 2. The van der Waals surface area contributed by atoms with Crippen molar-refractivity contribution >= 4 is 29.1 Å². The number of benzene rings is 2. The van der Waals surface area contributed by atoms with Crippen molar-refractivity contribution in [3.8, 4) is 0 Å². The molecule has 0 unspecified atom stereocenters. The van der Waals surface area contributed by atoms with E-state index in [0.29, 0.717) is 22.8 Å². The minimum Gasteiger partial charge on any atom is -0.350 e. The maximum Gasteiger partial charge on any atom is 0.350 e. The van der Waals surface area contributed by atoms with Gasteiger partial charge in [-0.15, -0.1) is 5.10 Å². The van der Waals surface area contributed by atoms with Gasteiger partial charge in [-0.2, -0.15) is 0 Å². The number of pyridine rings is 1. The minimum atomic E-state index is -0.508. The van der Waals surface area contributed by atoms with Crippen molar-refractivity contribution in [2.45, 2.75) is 26.6 Å². The summed E-state index contributed by atoms with van der Waals surface area (Å²) in [5.41, 5.74) is 3.04. The molecule has 8 nitrogen and oxygen atoms in total. The number of rotatable bonds is 7. The number of hydrogen-bond acceptors (Lipinski definition) is 4. The van der Waals surface area contributed by atoms with Gasteiger partial charge in [-0.3, -0.25) is 9.59 Å². The lowest BCUT2D eigenvalue weighted by atomic mass is 10.1. The molecule has 2 N–H and O–H groups in total. The van der Waals surface area contributed by atoms with E-state index in [9.17, 15) is 14.4 Å². The SMILES string of the molecule is Cc1ccc(CNC(=O)c2ccc3nn(CC(=O)NCc4ccccc4Cl)c(=O)n3c2)cc1. The van der Waals surface area contributed by atoms with Crippen LogP contribution in [-0.4, -0.2) is 26.0 Å². The second-order valence-corrected chi connectivity index (χ2v) is 8.03. The largest absolute Gasteiger partial charge is 0.350 e. The zero-order chi connectivity index (χ0) is 23.4. The Morgan fingerprint density at radius 3 is 2.48 bits per heavy atom. The number of carbonyl (C=O) groups is 2. The van der Waals surface area contributed by atoms with Gasteiger partial charge in [0.05, 0.1) is 5.56 Å². The molecule has 0 aliphatic heterocycles. The number of fused-ring (bicyclic) bond motifs is 1. The van der Waals surface area contributed by atoms with Crippen LogP contribution in [0.3, 0.4) is 0 Å². The van der Waals surface area contributed by atoms with Gasteiger partial charge < -0.3 is 10.6 Å². The summed E-state index contributed by atoms with van der Waals surface area (Å²) >= 11 is 6.10. The maximum absolute atomic E-state index is 12.7. The maximum atomic E-state index is 12.7. The van der Waals surface area contributed by atoms with E-state index in [1.165, 1.54) is 10.6 Å². The Labute approximate surface area is 194 Å². The molecule has 0 saturated carbocycles. The van der Waals surface area contributed by atoms with E-state index in [1.54, 1.807) is 24.3 Å². The fourth-order valence-corrected chi connectivity index (χ4v) is 3.48. The van der Waals surface area contributed by atoms with Crippen LogP contribution in [0.2, 0.25) is 5.02 Å². The van der Waals surface area contributed by atoms with Crippen molar-refractivity contribution in [3.05, 3.63) is 105 Å². The zero-order valence-corrected chi connectivity index (χ0v) is 18.7. The number of aromatic nitrogens is 3. The number of aryl methyl sites for hydroxylation is 1. The molecule has 0 bridgehead atoms. The summed E-state index contributed by atoms with van der Waals surface area (Å²) in [6.07, 6.45) is 1.42. The van der Waals surface area contributed by atoms with E-state index >= 15 is 0 Å². The highest BCUT2D eigenvalue weighted by molar-refractivity contribution is 6.31. The van der Waals surface area contributed by atoms with Gasteiger partial charge in [0.25, 0.3) is 5.91 Å². The average Bonchev–Trinajstić information content (AvgIpc) is 3.12. The normalized spacial score (nSPS) is 10.8. The van der Waals surface area contributed by atoms with Gasteiger partial charge in [0, 0.05) is 24.3 Å². The third-order valence-corrected chi connectivity index (χ3v) is 5.51. The number of amides is 2. The van der Waals surface area contributed by atoms with E-state index in [-0.39, 0.29) is 24.9 Å². The molecule has 4 rings (SSSR count). The van der Waals surface area contributed by atoms with Crippen molar-refractivity contribution in [1.82, 2.24) is 24.8 Å². The van der Waals surface area contributed by atoms with Crippen LogP contribution in [0.4, 0.5) is 0 Å². The average molecular weight is 464 g/mol. The highest BCUT2D eigenvalue weighted by atomic mass is 35.5. The summed E-state index contributed by atoms with van der Waals surface area (Å²) in [5.74, 6) is -0.689. The smallest absolute Gasteiger partial charge is 0.350 e. The summed E-state index contributed by atoms with van der Waals surface area (Å²) in [4.78, 5) is 37.6.